The summed E-state index contributed by atoms with van der Waals surface area (Å²) in [4.78, 5) is 4.36. The number of nitrogens with zero attached hydrogens (tertiary/aromatic N) is 3. The van der Waals surface area contributed by atoms with Crippen LogP contribution in [-0.2, 0) is 6.54 Å². The van der Waals surface area contributed by atoms with Gasteiger partial charge >= 0.3 is 0 Å². The summed E-state index contributed by atoms with van der Waals surface area (Å²) in [5, 5.41) is 7.23. The summed E-state index contributed by atoms with van der Waals surface area (Å²) < 4.78 is 7.15. The largest absolute Gasteiger partial charge is 0.495 e. The Morgan fingerprint density at radius 2 is 2.18 bits per heavy atom. The maximum Gasteiger partial charge on any atom is 0.193 e. The molecule has 0 saturated carbocycles. The van der Waals surface area contributed by atoms with E-state index in [4.69, 9.17) is 10.5 Å². The van der Waals surface area contributed by atoms with Crippen molar-refractivity contribution in [1.82, 2.24) is 9.78 Å². The van der Waals surface area contributed by atoms with E-state index in [9.17, 15) is 0 Å². The lowest BCUT2D eigenvalue weighted by Gasteiger charge is -2.12. The van der Waals surface area contributed by atoms with Gasteiger partial charge in [-0.2, -0.15) is 5.10 Å². The number of benzene rings is 1. The van der Waals surface area contributed by atoms with Gasteiger partial charge in [-0.3, -0.25) is 9.67 Å². The molecule has 6 nitrogen and oxygen atoms in total. The molecule has 1 aromatic heterocycles. The number of methoxy groups -OCH3 is 1. The molecular weight excluding hydrogens is 393 g/mol. The molecule has 0 amide bonds. The first-order valence-electron chi connectivity index (χ1n) is 6.86. The molecule has 0 spiro atoms. The highest BCUT2D eigenvalue weighted by Crippen LogP contribution is 2.22. The molecule has 1 aromatic carbocycles. The molecule has 2 aromatic rings. The van der Waals surface area contributed by atoms with Gasteiger partial charge in [0.1, 0.15) is 5.75 Å². The molecule has 1 unspecified atom stereocenters. The number of aromatic nitrogens is 2. The van der Waals surface area contributed by atoms with Crippen molar-refractivity contribution in [2.75, 3.05) is 19.0 Å². The standard InChI is InChI=1S/C15H21N5O.HI/c1-12(11-20-9-5-8-18-20)10-17-15(16)19-13-6-3-4-7-14(13)21-2;/h3-9,12H,10-11H2,1-2H3,(H3,16,17,19);1H. The van der Waals surface area contributed by atoms with Crippen molar-refractivity contribution in [2.45, 2.75) is 13.5 Å². The Hall–Kier alpha value is -1.77. The fourth-order valence-corrected chi connectivity index (χ4v) is 1.97. The van der Waals surface area contributed by atoms with Crippen LogP contribution in [0.1, 0.15) is 6.92 Å². The third-order valence-electron chi connectivity index (χ3n) is 3.00. The van der Waals surface area contributed by atoms with Crippen molar-refractivity contribution in [3.05, 3.63) is 42.7 Å². The average Bonchev–Trinajstić information content (AvgIpc) is 2.98. The van der Waals surface area contributed by atoms with E-state index in [2.05, 4.69) is 22.3 Å². The van der Waals surface area contributed by atoms with Crippen LogP contribution in [0.4, 0.5) is 5.69 Å². The molecule has 0 bridgehead atoms. The van der Waals surface area contributed by atoms with E-state index in [0.29, 0.717) is 18.4 Å². The highest BCUT2D eigenvalue weighted by atomic mass is 127. The molecule has 120 valence electrons. The lowest BCUT2D eigenvalue weighted by molar-refractivity contribution is 0.417. The monoisotopic (exact) mass is 415 g/mol. The molecular formula is C15H22IN5O. The summed E-state index contributed by atoms with van der Waals surface area (Å²) in [6, 6.07) is 9.50. The number of nitrogens with one attached hydrogen (secondary N) is 1. The number of nitrogens with two attached hydrogens (primary N) is 1. The number of aliphatic imine (C=N–C) groups is 1. The van der Waals surface area contributed by atoms with Crippen LogP contribution in [0.2, 0.25) is 0 Å². The SMILES string of the molecule is COc1ccccc1NC(N)=NCC(C)Cn1cccn1.I. The zero-order valence-electron chi connectivity index (χ0n) is 12.8. The zero-order chi connectivity index (χ0) is 15.1. The van der Waals surface area contributed by atoms with Crippen LogP contribution >= 0.6 is 24.0 Å². The molecule has 1 heterocycles. The van der Waals surface area contributed by atoms with E-state index in [1.807, 2.05) is 41.2 Å². The van der Waals surface area contributed by atoms with Crippen molar-refractivity contribution in [3.8, 4) is 5.75 Å². The van der Waals surface area contributed by atoms with Crippen molar-refractivity contribution in [3.63, 3.8) is 0 Å². The van der Waals surface area contributed by atoms with E-state index >= 15 is 0 Å². The normalized spacial score (nSPS) is 12.4. The van der Waals surface area contributed by atoms with Gasteiger partial charge in [0.05, 0.1) is 12.8 Å². The van der Waals surface area contributed by atoms with Crippen LogP contribution in [0.3, 0.4) is 0 Å². The van der Waals surface area contributed by atoms with E-state index in [1.54, 1.807) is 13.3 Å². The predicted octanol–water partition coefficient (Wildman–Crippen LogP) is 2.57. The summed E-state index contributed by atoms with van der Waals surface area (Å²) in [7, 11) is 1.63. The average molecular weight is 415 g/mol. The van der Waals surface area contributed by atoms with Crippen LogP contribution in [0, 0.1) is 5.92 Å². The van der Waals surface area contributed by atoms with Gasteiger partial charge in [0.25, 0.3) is 0 Å². The van der Waals surface area contributed by atoms with Gasteiger partial charge in [-0.25, -0.2) is 0 Å². The Kier molecular flexibility index (Phi) is 7.72. The lowest BCUT2D eigenvalue weighted by atomic mass is 10.2. The molecule has 0 aliphatic rings. The van der Waals surface area contributed by atoms with Gasteiger partial charge in [-0.05, 0) is 24.1 Å². The highest BCUT2D eigenvalue weighted by Gasteiger charge is 2.05. The summed E-state index contributed by atoms with van der Waals surface area (Å²) in [6.07, 6.45) is 3.71. The lowest BCUT2D eigenvalue weighted by Crippen LogP contribution is -2.24. The van der Waals surface area contributed by atoms with Gasteiger partial charge in [-0.1, -0.05) is 19.1 Å². The molecule has 1 atom stereocenters. The Bertz CT molecular complexity index is 585. The molecule has 0 fully saturated rings. The van der Waals surface area contributed by atoms with Crippen LogP contribution in [0.25, 0.3) is 0 Å². The number of hydrogen-bond acceptors (Lipinski definition) is 3. The van der Waals surface area contributed by atoms with Gasteiger partial charge in [0.2, 0.25) is 0 Å². The second-order valence-electron chi connectivity index (χ2n) is 4.88. The summed E-state index contributed by atoms with van der Waals surface area (Å²) in [5.41, 5.74) is 6.72. The van der Waals surface area contributed by atoms with E-state index in [-0.39, 0.29) is 24.0 Å². The number of ether oxygens (including phenoxy) is 1. The first kappa shape index (κ1) is 18.3. The Morgan fingerprint density at radius 3 is 2.86 bits per heavy atom. The second-order valence-corrected chi connectivity index (χ2v) is 4.88. The van der Waals surface area contributed by atoms with Gasteiger partial charge in [0.15, 0.2) is 5.96 Å². The number of guanidine groups is 1. The van der Waals surface area contributed by atoms with E-state index < -0.39 is 0 Å². The maximum absolute atomic E-state index is 5.91. The number of rotatable bonds is 6. The maximum atomic E-state index is 5.91. The fourth-order valence-electron chi connectivity index (χ4n) is 1.97. The van der Waals surface area contributed by atoms with Crippen LogP contribution in [0.5, 0.6) is 5.75 Å². The molecule has 7 heteroatoms. The second kappa shape index (κ2) is 9.29. The summed E-state index contributed by atoms with van der Waals surface area (Å²) >= 11 is 0. The minimum Gasteiger partial charge on any atom is -0.495 e. The smallest absolute Gasteiger partial charge is 0.193 e. The third kappa shape index (κ3) is 5.55. The fraction of sp³-hybridized carbons (Fsp3) is 0.333. The molecule has 0 saturated heterocycles. The zero-order valence-corrected chi connectivity index (χ0v) is 15.1. The number of halogens is 1. The molecule has 0 radical (unpaired) electrons. The predicted molar refractivity (Wildman–Crippen MR) is 99.9 cm³/mol. The molecule has 3 N–H and O–H groups in total. The molecule has 0 aliphatic carbocycles. The van der Waals surface area contributed by atoms with Crippen molar-refractivity contribution >= 4 is 35.6 Å². The first-order chi connectivity index (χ1) is 10.2. The van der Waals surface area contributed by atoms with Crippen LogP contribution in [0.15, 0.2) is 47.7 Å². The number of anilines is 1. The van der Waals surface area contributed by atoms with Crippen LogP contribution < -0.4 is 15.8 Å². The van der Waals surface area contributed by atoms with Crippen molar-refractivity contribution in [1.29, 1.82) is 0 Å². The number of para-hydroxylation sites is 2. The van der Waals surface area contributed by atoms with Gasteiger partial charge in [0, 0.05) is 25.5 Å². The quantitative estimate of drug-likeness (QED) is 0.432. The topological polar surface area (TPSA) is 77.5 Å². The van der Waals surface area contributed by atoms with Gasteiger partial charge < -0.3 is 15.8 Å². The van der Waals surface area contributed by atoms with E-state index in [0.717, 1.165) is 18.0 Å². The Morgan fingerprint density at radius 1 is 1.41 bits per heavy atom. The first-order valence-corrected chi connectivity index (χ1v) is 6.86. The van der Waals surface area contributed by atoms with Crippen molar-refractivity contribution < 1.29 is 4.74 Å². The molecule has 2 rings (SSSR count). The summed E-state index contributed by atoms with van der Waals surface area (Å²) in [6.45, 7) is 3.56. The molecule has 22 heavy (non-hydrogen) atoms. The Labute approximate surface area is 147 Å². The number of hydrogen-bond donors (Lipinski definition) is 2. The van der Waals surface area contributed by atoms with Gasteiger partial charge in [-0.15, -0.1) is 24.0 Å². The highest BCUT2D eigenvalue weighted by molar-refractivity contribution is 14.0. The minimum atomic E-state index is 0. The van der Waals surface area contributed by atoms with Crippen LogP contribution in [-0.4, -0.2) is 29.4 Å². The van der Waals surface area contributed by atoms with E-state index in [1.165, 1.54) is 0 Å². The molecule has 0 aliphatic heterocycles. The minimum absolute atomic E-state index is 0. The third-order valence-corrected chi connectivity index (χ3v) is 3.00. The van der Waals surface area contributed by atoms with Crippen molar-refractivity contribution in [2.24, 2.45) is 16.6 Å². The Balaban J connectivity index is 0.00000242. The summed E-state index contributed by atoms with van der Waals surface area (Å²) in [5.74, 6) is 1.47.